The molecule has 0 aromatic heterocycles. The van der Waals surface area contributed by atoms with Crippen molar-refractivity contribution in [1.29, 1.82) is 0 Å². The Labute approximate surface area is 128 Å². The number of halogens is 1. The maximum atomic E-state index is 12.1. The van der Waals surface area contributed by atoms with Crippen LogP contribution in [-0.4, -0.2) is 25.7 Å². The predicted molar refractivity (Wildman–Crippen MR) is 81.4 cm³/mol. The van der Waals surface area contributed by atoms with Crippen molar-refractivity contribution < 1.29 is 17.9 Å². The smallest absolute Gasteiger partial charge is 0.307 e. The van der Waals surface area contributed by atoms with E-state index in [-0.39, 0.29) is 17.1 Å². The van der Waals surface area contributed by atoms with Gasteiger partial charge in [-0.1, -0.05) is 15.9 Å². The van der Waals surface area contributed by atoms with Crippen LogP contribution in [0.1, 0.15) is 32.8 Å². The number of rotatable bonds is 4. The molecule has 0 N–H and O–H groups in total. The summed E-state index contributed by atoms with van der Waals surface area (Å²) in [5.74, 6) is -0.752. The van der Waals surface area contributed by atoms with Crippen LogP contribution < -0.4 is 0 Å². The van der Waals surface area contributed by atoms with Crippen molar-refractivity contribution in [3.05, 3.63) is 28.2 Å². The van der Waals surface area contributed by atoms with Gasteiger partial charge in [-0.15, -0.1) is 0 Å². The van der Waals surface area contributed by atoms with Gasteiger partial charge in [0.05, 0.1) is 17.1 Å². The lowest BCUT2D eigenvalue weighted by atomic mass is 10.2. The molecule has 20 heavy (non-hydrogen) atoms. The van der Waals surface area contributed by atoms with E-state index in [1.807, 2.05) is 6.92 Å². The zero-order valence-corrected chi connectivity index (χ0v) is 14.5. The molecular weight excluding hydrogens is 344 g/mol. The molecule has 0 fully saturated rings. The molecule has 1 aromatic rings. The SMILES string of the molecule is Cc1cc(S(=O)(=O)CCC(=O)OC(C)(C)C)ccc1Br. The van der Waals surface area contributed by atoms with E-state index in [1.54, 1.807) is 32.9 Å². The van der Waals surface area contributed by atoms with Gasteiger partial charge >= 0.3 is 5.97 Å². The lowest BCUT2D eigenvalue weighted by Crippen LogP contribution is -2.25. The van der Waals surface area contributed by atoms with E-state index in [9.17, 15) is 13.2 Å². The molecule has 0 radical (unpaired) electrons. The molecule has 0 aliphatic heterocycles. The molecule has 0 unspecified atom stereocenters. The monoisotopic (exact) mass is 362 g/mol. The minimum Gasteiger partial charge on any atom is -0.460 e. The highest BCUT2D eigenvalue weighted by molar-refractivity contribution is 9.10. The first-order valence-electron chi connectivity index (χ1n) is 6.22. The molecular formula is C14H19BrO4S. The van der Waals surface area contributed by atoms with E-state index >= 15 is 0 Å². The number of sulfone groups is 1. The Bertz CT molecular complexity index is 600. The molecule has 0 amide bonds. The molecule has 1 aromatic carbocycles. The van der Waals surface area contributed by atoms with Gasteiger partial charge in [-0.2, -0.15) is 0 Å². The van der Waals surface area contributed by atoms with Crippen molar-refractivity contribution in [3.63, 3.8) is 0 Å². The van der Waals surface area contributed by atoms with Gasteiger partial charge in [0.2, 0.25) is 0 Å². The molecule has 0 saturated carbocycles. The average molecular weight is 363 g/mol. The van der Waals surface area contributed by atoms with Crippen molar-refractivity contribution >= 4 is 31.7 Å². The maximum absolute atomic E-state index is 12.1. The van der Waals surface area contributed by atoms with Crippen molar-refractivity contribution in [2.75, 3.05) is 5.75 Å². The molecule has 0 aliphatic rings. The summed E-state index contributed by atoms with van der Waals surface area (Å²) in [5.41, 5.74) is 0.234. The third-order valence-electron chi connectivity index (χ3n) is 2.48. The van der Waals surface area contributed by atoms with E-state index in [0.717, 1.165) is 10.0 Å². The first kappa shape index (κ1) is 17.2. The van der Waals surface area contributed by atoms with Crippen LogP contribution in [0.2, 0.25) is 0 Å². The topological polar surface area (TPSA) is 60.4 Å². The fourth-order valence-corrected chi connectivity index (χ4v) is 3.09. The summed E-state index contributed by atoms with van der Waals surface area (Å²) in [6.45, 7) is 7.06. The van der Waals surface area contributed by atoms with Gasteiger partial charge in [0.15, 0.2) is 9.84 Å². The zero-order chi connectivity index (χ0) is 15.6. The second kappa shape index (κ2) is 6.26. The number of esters is 1. The van der Waals surface area contributed by atoms with Crippen molar-refractivity contribution in [2.24, 2.45) is 0 Å². The normalized spacial score (nSPS) is 12.2. The van der Waals surface area contributed by atoms with Gasteiger partial charge in [-0.05, 0) is 51.5 Å². The highest BCUT2D eigenvalue weighted by Gasteiger charge is 2.21. The summed E-state index contributed by atoms with van der Waals surface area (Å²) in [6, 6.07) is 4.81. The van der Waals surface area contributed by atoms with Gasteiger partial charge in [-0.25, -0.2) is 8.42 Å². The standard InChI is InChI=1S/C14H19BrO4S/c1-10-9-11(5-6-12(10)15)20(17,18)8-7-13(16)19-14(2,3)4/h5-6,9H,7-8H2,1-4H3. The average Bonchev–Trinajstić information content (AvgIpc) is 2.28. The van der Waals surface area contributed by atoms with Crippen LogP contribution in [0, 0.1) is 6.92 Å². The number of carbonyl (C=O) groups excluding carboxylic acids is 1. The third-order valence-corrected chi connectivity index (χ3v) is 5.09. The Balaban J connectivity index is 2.76. The van der Waals surface area contributed by atoms with Crippen LogP contribution >= 0.6 is 15.9 Å². The fraction of sp³-hybridized carbons (Fsp3) is 0.500. The van der Waals surface area contributed by atoms with Crippen LogP contribution in [0.5, 0.6) is 0 Å². The fourth-order valence-electron chi connectivity index (χ4n) is 1.54. The highest BCUT2D eigenvalue weighted by Crippen LogP contribution is 2.21. The molecule has 0 bridgehead atoms. The molecule has 0 saturated heterocycles. The molecule has 1 rings (SSSR count). The van der Waals surface area contributed by atoms with Crippen LogP contribution in [-0.2, 0) is 19.4 Å². The van der Waals surface area contributed by atoms with E-state index in [0.29, 0.717) is 0 Å². The molecule has 0 heterocycles. The lowest BCUT2D eigenvalue weighted by molar-refractivity contribution is -0.154. The van der Waals surface area contributed by atoms with Crippen molar-refractivity contribution in [1.82, 2.24) is 0 Å². The first-order chi connectivity index (χ1) is 9.01. The Hall–Kier alpha value is -0.880. The van der Waals surface area contributed by atoms with Crippen LogP contribution in [0.4, 0.5) is 0 Å². The van der Waals surface area contributed by atoms with E-state index in [2.05, 4.69) is 15.9 Å². The molecule has 112 valence electrons. The van der Waals surface area contributed by atoms with Crippen LogP contribution in [0.3, 0.4) is 0 Å². The molecule has 0 atom stereocenters. The Morgan fingerprint density at radius 2 is 1.90 bits per heavy atom. The maximum Gasteiger partial charge on any atom is 0.307 e. The number of carbonyl (C=O) groups is 1. The van der Waals surface area contributed by atoms with E-state index in [4.69, 9.17) is 4.74 Å². The Kier molecular flexibility index (Phi) is 5.38. The first-order valence-corrected chi connectivity index (χ1v) is 8.66. The van der Waals surface area contributed by atoms with Gasteiger partial charge in [0.25, 0.3) is 0 Å². The van der Waals surface area contributed by atoms with Crippen molar-refractivity contribution in [3.8, 4) is 0 Å². The van der Waals surface area contributed by atoms with Gasteiger partial charge < -0.3 is 4.74 Å². The number of hydrogen-bond acceptors (Lipinski definition) is 4. The van der Waals surface area contributed by atoms with Crippen LogP contribution in [0.25, 0.3) is 0 Å². The third kappa shape index (κ3) is 5.25. The van der Waals surface area contributed by atoms with Gasteiger partial charge in [0, 0.05) is 4.47 Å². The van der Waals surface area contributed by atoms with Gasteiger partial charge in [0.1, 0.15) is 5.60 Å². The Morgan fingerprint density at radius 1 is 1.30 bits per heavy atom. The second-order valence-electron chi connectivity index (χ2n) is 5.57. The summed E-state index contributed by atoms with van der Waals surface area (Å²) < 4.78 is 30.2. The summed E-state index contributed by atoms with van der Waals surface area (Å²) in [7, 11) is -3.47. The van der Waals surface area contributed by atoms with Crippen molar-refractivity contribution in [2.45, 2.75) is 44.6 Å². The predicted octanol–water partition coefficient (Wildman–Crippen LogP) is 3.26. The van der Waals surface area contributed by atoms with Gasteiger partial charge in [-0.3, -0.25) is 4.79 Å². The minimum atomic E-state index is -3.47. The van der Waals surface area contributed by atoms with E-state index in [1.165, 1.54) is 6.07 Å². The molecule has 0 aliphatic carbocycles. The summed E-state index contributed by atoms with van der Waals surface area (Å²) in [5, 5.41) is 0. The summed E-state index contributed by atoms with van der Waals surface area (Å²) in [4.78, 5) is 11.8. The van der Waals surface area contributed by atoms with E-state index < -0.39 is 21.4 Å². The Morgan fingerprint density at radius 3 is 2.40 bits per heavy atom. The number of ether oxygens (including phenoxy) is 1. The largest absolute Gasteiger partial charge is 0.460 e. The molecule has 4 nitrogen and oxygen atoms in total. The zero-order valence-electron chi connectivity index (χ0n) is 12.1. The number of hydrogen-bond donors (Lipinski definition) is 0. The summed E-state index contributed by atoms with van der Waals surface area (Å²) in [6.07, 6.45) is -0.144. The number of benzene rings is 1. The molecule has 0 spiro atoms. The minimum absolute atomic E-state index is 0.144. The quantitative estimate of drug-likeness (QED) is 0.771. The lowest BCUT2D eigenvalue weighted by Gasteiger charge is -2.19. The second-order valence-corrected chi connectivity index (χ2v) is 8.53. The number of aryl methyl sites for hydroxylation is 1. The van der Waals surface area contributed by atoms with Crippen LogP contribution in [0.15, 0.2) is 27.6 Å². The molecule has 6 heteroatoms. The highest BCUT2D eigenvalue weighted by atomic mass is 79.9. The summed E-state index contributed by atoms with van der Waals surface area (Å²) >= 11 is 3.32.